The molecule has 0 aliphatic heterocycles. The predicted octanol–water partition coefficient (Wildman–Crippen LogP) is 2.94. The summed E-state index contributed by atoms with van der Waals surface area (Å²) in [7, 11) is 0. The lowest BCUT2D eigenvalue weighted by molar-refractivity contribution is -0.142. The molecule has 0 aliphatic rings. The molecule has 7 nitrogen and oxygen atoms in total. The second-order valence-electron chi connectivity index (χ2n) is 5.76. The molecule has 0 amide bonds. The molecule has 3 aromatic rings. The van der Waals surface area contributed by atoms with Gasteiger partial charge in [0.25, 0.3) is 5.89 Å². The van der Waals surface area contributed by atoms with E-state index in [2.05, 4.69) is 5.10 Å². The largest absolute Gasteiger partial charge is 0.457 e. The monoisotopic (exact) mass is 386 g/mol. The molecule has 2 heterocycles. The lowest BCUT2D eigenvalue weighted by Gasteiger charge is -2.05. The van der Waals surface area contributed by atoms with E-state index in [0.717, 1.165) is 21.5 Å². The van der Waals surface area contributed by atoms with Gasteiger partial charge in [0.1, 0.15) is 0 Å². The van der Waals surface area contributed by atoms with E-state index in [1.165, 1.54) is 11.3 Å². The first kappa shape index (κ1) is 18.8. The third-order valence-electron chi connectivity index (χ3n) is 3.91. The molecule has 0 N–H and O–H groups in total. The Balaban J connectivity index is 1.49. The Hall–Kier alpha value is -3.00. The van der Waals surface area contributed by atoms with Crippen molar-refractivity contribution < 1.29 is 18.7 Å². The topological polar surface area (TPSA) is 91.4 Å². The van der Waals surface area contributed by atoms with Crippen molar-refractivity contribution in [3.8, 4) is 10.8 Å². The zero-order chi connectivity index (χ0) is 19.2. The maximum Gasteiger partial charge on any atom is 0.437 e. The van der Waals surface area contributed by atoms with Crippen LogP contribution in [0.1, 0.15) is 29.3 Å². The second-order valence-corrected chi connectivity index (χ2v) is 6.71. The highest BCUT2D eigenvalue weighted by molar-refractivity contribution is 7.13. The van der Waals surface area contributed by atoms with E-state index in [1.54, 1.807) is 18.2 Å². The molecule has 0 aliphatic carbocycles. The molecule has 0 atom stereocenters. The maximum absolute atomic E-state index is 12.1. The number of esters is 1. The number of carbonyl (C=O) groups is 2. The minimum Gasteiger partial charge on any atom is -0.457 e. The van der Waals surface area contributed by atoms with Crippen LogP contribution in [0, 0.1) is 0 Å². The molecule has 0 fully saturated rings. The highest BCUT2D eigenvalue weighted by atomic mass is 32.1. The Morgan fingerprint density at radius 3 is 2.67 bits per heavy atom. The minimum atomic E-state index is -0.640. The van der Waals surface area contributed by atoms with Gasteiger partial charge in [-0.15, -0.1) is 16.4 Å². The molecule has 1 aromatic carbocycles. The highest BCUT2D eigenvalue weighted by Gasteiger charge is 2.14. The van der Waals surface area contributed by atoms with Crippen LogP contribution in [0.4, 0.5) is 0 Å². The molecule has 3 rings (SSSR count). The Labute approximate surface area is 159 Å². The molecule has 0 unspecified atom stereocenters. The van der Waals surface area contributed by atoms with Gasteiger partial charge in [-0.05, 0) is 23.4 Å². The van der Waals surface area contributed by atoms with Gasteiger partial charge in [-0.2, -0.15) is 4.68 Å². The average molecular weight is 386 g/mol. The van der Waals surface area contributed by atoms with E-state index in [-0.39, 0.29) is 31.2 Å². The quantitative estimate of drug-likeness (QED) is 0.437. The Kier molecular flexibility index (Phi) is 5.97. The first-order valence-corrected chi connectivity index (χ1v) is 9.34. The maximum atomic E-state index is 12.1. The van der Waals surface area contributed by atoms with Crippen LogP contribution in [0.5, 0.6) is 0 Å². The highest BCUT2D eigenvalue weighted by Crippen LogP contribution is 2.21. The van der Waals surface area contributed by atoms with Gasteiger partial charge in [0.15, 0.2) is 12.4 Å². The third kappa shape index (κ3) is 4.79. The molecule has 2 aromatic heterocycles. The fourth-order valence-electron chi connectivity index (χ4n) is 2.37. The van der Waals surface area contributed by atoms with Gasteiger partial charge >= 0.3 is 11.7 Å². The molecular weight excluding hydrogens is 368 g/mol. The van der Waals surface area contributed by atoms with Crippen molar-refractivity contribution in [2.24, 2.45) is 0 Å². The summed E-state index contributed by atoms with van der Waals surface area (Å²) >= 11 is 1.40. The van der Waals surface area contributed by atoms with E-state index < -0.39 is 11.7 Å². The number of ether oxygens (including phenoxy) is 1. The summed E-state index contributed by atoms with van der Waals surface area (Å²) in [6.45, 7) is 1.71. The molecule has 0 saturated heterocycles. The zero-order valence-electron chi connectivity index (χ0n) is 14.7. The van der Waals surface area contributed by atoms with E-state index in [4.69, 9.17) is 9.15 Å². The summed E-state index contributed by atoms with van der Waals surface area (Å²) in [6, 6.07) is 10.8. The number of benzene rings is 1. The molecule has 8 heteroatoms. The average Bonchev–Trinajstić information content (AvgIpc) is 3.34. The first-order chi connectivity index (χ1) is 13.1. The van der Waals surface area contributed by atoms with Gasteiger partial charge < -0.3 is 9.15 Å². The number of carbonyl (C=O) groups excluding carboxylic acids is 2. The second kappa shape index (κ2) is 8.59. The van der Waals surface area contributed by atoms with Crippen molar-refractivity contribution in [1.82, 2.24) is 9.78 Å². The number of nitrogens with zero attached hydrogens (tertiary/aromatic N) is 2. The summed E-state index contributed by atoms with van der Waals surface area (Å²) in [6.07, 6.45) is 0.803. The number of thiophene rings is 1. The fourth-order valence-corrected chi connectivity index (χ4v) is 3.02. The van der Waals surface area contributed by atoms with Crippen LogP contribution in [-0.4, -0.2) is 28.1 Å². The van der Waals surface area contributed by atoms with Gasteiger partial charge in [-0.3, -0.25) is 9.59 Å². The summed E-state index contributed by atoms with van der Waals surface area (Å²) in [5.74, 6) is -1.28. The summed E-state index contributed by atoms with van der Waals surface area (Å²) in [4.78, 5) is 36.4. The van der Waals surface area contributed by atoms with E-state index in [0.29, 0.717) is 5.56 Å². The fraction of sp³-hybridized carbons (Fsp3) is 0.263. The van der Waals surface area contributed by atoms with Crippen LogP contribution in [0.25, 0.3) is 10.8 Å². The summed E-state index contributed by atoms with van der Waals surface area (Å²) < 4.78 is 11.1. The predicted molar refractivity (Wildman–Crippen MR) is 99.8 cm³/mol. The molecule has 0 saturated carbocycles. The summed E-state index contributed by atoms with van der Waals surface area (Å²) in [5, 5.41) is 5.90. The Morgan fingerprint density at radius 2 is 2.00 bits per heavy atom. The van der Waals surface area contributed by atoms with Gasteiger partial charge in [-0.1, -0.05) is 37.3 Å². The van der Waals surface area contributed by atoms with Crippen molar-refractivity contribution in [3.63, 3.8) is 0 Å². The minimum absolute atomic E-state index is 0.0198. The van der Waals surface area contributed by atoms with Crippen LogP contribution >= 0.6 is 11.3 Å². The molecule has 0 spiro atoms. The molecule has 140 valence electrons. The normalized spacial score (nSPS) is 10.7. The number of Topliss-reactive ketones (excluding diaryl/α,β-unsaturated/α-hetero) is 1. The van der Waals surface area contributed by atoms with Crippen molar-refractivity contribution in [3.05, 3.63) is 63.5 Å². The van der Waals surface area contributed by atoms with Crippen LogP contribution in [0.15, 0.2) is 51.0 Å². The van der Waals surface area contributed by atoms with Crippen molar-refractivity contribution >= 4 is 23.1 Å². The Morgan fingerprint density at radius 1 is 1.22 bits per heavy atom. The van der Waals surface area contributed by atoms with Crippen LogP contribution in [0.3, 0.4) is 0 Å². The van der Waals surface area contributed by atoms with Gasteiger partial charge in [0, 0.05) is 5.56 Å². The van der Waals surface area contributed by atoms with Crippen molar-refractivity contribution in [2.75, 3.05) is 6.61 Å². The lowest BCUT2D eigenvalue weighted by Crippen LogP contribution is -2.20. The molecule has 0 radical (unpaired) electrons. The SMILES string of the molecule is CCc1ccc(C(=O)COC(=O)CCn2nc(-c3cccs3)oc2=O)cc1. The number of ketones is 1. The van der Waals surface area contributed by atoms with Crippen molar-refractivity contribution in [2.45, 2.75) is 26.3 Å². The van der Waals surface area contributed by atoms with Crippen LogP contribution < -0.4 is 5.76 Å². The number of aryl methyl sites for hydroxylation is 2. The van der Waals surface area contributed by atoms with Gasteiger partial charge in [-0.25, -0.2) is 4.79 Å². The number of hydrogen-bond donors (Lipinski definition) is 0. The van der Waals surface area contributed by atoms with E-state index in [9.17, 15) is 14.4 Å². The van der Waals surface area contributed by atoms with Gasteiger partial charge in [0.2, 0.25) is 0 Å². The van der Waals surface area contributed by atoms with E-state index in [1.807, 2.05) is 30.5 Å². The third-order valence-corrected chi connectivity index (χ3v) is 4.77. The first-order valence-electron chi connectivity index (χ1n) is 8.46. The van der Waals surface area contributed by atoms with Crippen LogP contribution in [-0.2, 0) is 22.5 Å². The molecular formula is C19H18N2O5S. The van der Waals surface area contributed by atoms with Gasteiger partial charge in [0.05, 0.1) is 17.8 Å². The smallest absolute Gasteiger partial charge is 0.437 e. The Bertz CT molecular complexity index is 970. The number of aromatic nitrogens is 2. The lowest BCUT2D eigenvalue weighted by atomic mass is 10.1. The number of hydrogen-bond acceptors (Lipinski definition) is 7. The standard InChI is InChI=1S/C19H18N2O5S/c1-2-13-5-7-14(8-6-13)15(22)12-25-17(23)9-10-21-19(24)26-18(20-21)16-4-3-11-27-16/h3-8,11H,2,9-10,12H2,1H3. The molecule has 27 heavy (non-hydrogen) atoms. The molecule has 0 bridgehead atoms. The number of rotatable bonds is 8. The van der Waals surface area contributed by atoms with E-state index >= 15 is 0 Å². The van der Waals surface area contributed by atoms with Crippen molar-refractivity contribution in [1.29, 1.82) is 0 Å². The van der Waals surface area contributed by atoms with Crippen LogP contribution in [0.2, 0.25) is 0 Å². The zero-order valence-corrected chi connectivity index (χ0v) is 15.5. The summed E-state index contributed by atoms with van der Waals surface area (Å²) in [5.41, 5.74) is 1.62.